The Morgan fingerprint density at radius 3 is 1.74 bits per heavy atom. The van der Waals surface area contributed by atoms with Crippen LogP contribution >= 0.6 is 0 Å². The van der Waals surface area contributed by atoms with Gasteiger partial charge in [0.15, 0.2) is 0 Å². The molecule has 0 bridgehead atoms. The minimum Gasteiger partial charge on any atom is -0.456 e. The summed E-state index contributed by atoms with van der Waals surface area (Å²) in [6.45, 7) is 0. The van der Waals surface area contributed by atoms with Gasteiger partial charge < -0.3 is 9.32 Å². The van der Waals surface area contributed by atoms with Gasteiger partial charge in [0, 0.05) is 27.7 Å². The van der Waals surface area contributed by atoms with Crippen LogP contribution in [0.25, 0.3) is 98.8 Å². The highest BCUT2D eigenvalue weighted by Gasteiger charge is 2.21. The number of hydrogen-bond acceptors (Lipinski definition) is 2. The van der Waals surface area contributed by atoms with Gasteiger partial charge in [-0.25, -0.2) is 0 Å². The SMILES string of the molecule is c1ccc(-c2ccc(-c3ccc4ccccc4c3)cc2N(c2ccc(-c3cc4ccccc4c4ccccc34)cc2)c2cccc(-c3cccc4oc5ccccc5c34)c2)cc1. The van der Waals surface area contributed by atoms with E-state index in [1.807, 2.05) is 6.07 Å². The van der Waals surface area contributed by atoms with Crippen molar-refractivity contribution in [2.75, 3.05) is 4.90 Å². The first-order valence-corrected chi connectivity index (χ1v) is 21.2. The van der Waals surface area contributed by atoms with E-state index in [2.05, 4.69) is 235 Å². The van der Waals surface area contributed by atoms with Crippen molar-refractivity contribution in [2.45, 2.75) is 0 Å². The topological polar surface area (TPSA) is 16.4 Å². The van der Waals surface area contributed by atoms with Crippen LogP contribution < -0.4 is 4.90 Å². The first-order valence-electron chi connectivity index (χ1n) is 21.2. The number of anilines is 3. The minimum absolute atomic E-state index is 0.886. The summed E-state index contributed by atoms with van der Waals surface area (Å²) < 4.78 is 6.37. The van der Waals surface area contributed by atoms with Crippen LogP contribution in [0.15, 0.2) is 241 Å². The molecule has 290 valence electrons. The van der Waals surface area contributed by atoms with Gasteiger partial charge in [-0.3, -0.25) is 0 Å². The van der Waals surface area contributed by atoms with Gasteiger partial charge in [0.25, 0.3) is 0 Å². The predicted octanol–water partition coefficient (Wildman–Crippen LogP) is 17.2. The third kappa shape index (κ3) is 6.12. The molecule has 1 aromatic heterocycles. The summed E-state index contributed by atoms with van der Waals surface area (Å²) in [6, 6.07) is 85.7. The average Bonchev–Trinajstić information content (AvgIpc) is 3.73. The maximum atomic E-state index is 6.37. The molecule has 0 aliphatic heterocycles. The summed E-state index contributed by atoms with van der Waals surface area (Å²) in [5, 5.41) is 9.72. The molecule has 11 aromatic carbocycles. The Bertz CT molecular complexity index is 3640. The lowest BCUT2D eigenvalue weighted by Gasteiger charge is -2.29. The largest absolute Gasteiger partial charge is 0.456 e. The second kappa shape index (κ2) is 14.8. The normalized spacial score (nSPS) is 11.5. The van der Waals surface area contributed by atoms with Crippen molar-refractivity contribution in [3.63, 3.8) is 0 Å². The molecule has 1 heterocycles. The molecule has 0 unspecified atom stereocenters. The summed E-state index contributed by atoms with van der Waals surface area (Å²) in [6.07, 6.45) is 0. The van der Waals surface area contributed by atoms with Crippen LogP contribution in [0.1, 0.15) is 0 Å². The maximum Gasteiger partial charge on any atom is 0.136 e. The molecule has 0 atom stereocenters. The molecule has 62 heavy (non-hydrogen) atoms. The summed E-state index contributed by atoms with van der Waals surface area (Å²) in [4.78, 5) is 2.44. The number of benzene rings is 11. The highest BCUT2D eigenvalue weighted by atomic mass is 16.3. The molecular weight excluding hydrogens is 751 g/mol. The average molecular weight is 790 g/mol. The van der Waals surface area contributed by atoms with Crippen molar-refractivity contribution >= 4 is 71.3 Å². The zero-order chi connectivity index (χ0) is 41.0. The van der Waals surface area contributed by atoms with E-state index in [0.717, 1.165) is 66.8 Å². The molecule has 0 fully saturated rings. The third-order valence-electron chi connectivity index (χ3n) is 12.4. The Morgan fingerprint density at radius 2 is 0.887 bits per heavy atom. The third-order valence-corrected chi connectivity index (χ3v) is 12.4. The Balaban J connectivity index is 1.08. The van der Waals surface area contributed by atoms with Gasteiger partial charge in [0.2, 0.25) is 0 Å². The fourth-order valence-corrected chi connectivity index (χ4v) is 9.47. The second-order valence-corrected chi connectivity index (χ2v) is 16.1. The maximum absolute atomic E-state index is 6.37. The monoisotopic (exact) mass is 789 g/mol. The van der Waals surface area contributed by atoms with E-state index in [0.29, 0.717) is 0 Å². The van der Waals surface area contributed by atoms with Crippen molar-refractivity contribution in [3.05, 3.63) is 237 Å². The van der Waals surface area contributed by atoms with Gasteiger partial charge in [0.1, 0.15) is 11.2 Å². The van der Waals surface area contributed by atoms with Gasteiger partial charge in [-0.2, -0.15) is 0 Å². The van der Waals surface area contributed by atoms with Gasteiger partial charge in [-0.15, -0.1) is 0 Å². The minimum atomic E-state index is 0.886. The molecule has 0 aliphatic carbocycles. The van der Waals surface area contributed by atoms with Gasteiger partial charge in [-0.05, 0) is 126 Å². The number of furan rings is 1. The van der Waals surface area contributed by atoms with Crippen LogP contribution in [-0.2, 0) is 0 Å². The van der Waals surface area contributed by atoms with E-state index in [4.69, 9.17) is 4.42 Å². The van der Waals surface area contributed by atoms with Crippen LogP contribution in [0.3, 0.4) is 0 Å². The lowest BCUT2D eigenvalue weighted by molar-refractivity contribution is 0.669. The summed E-state index contributed by atoms with van der Waals surface area (Å²) in [5.41, 5.74) is 14.3. The lowest BCUT2D eigenvalue weighted by atomic mass is 9.93. The second-order valence-electron chi connectivity index (χ2n) is 16.1. The predicted molar refractivity (Wildman–Crippen MR) is 263 cm³/mol. The lowest BCUT2D eigenvalue weighted by Crippen LogP contribution is -2.11. The molecule has 0 N–H and O–H groups in total. The number of fused-ring (bicyclic) bond motifs is 7. The molecule has 0 saturated heterocycles. The number of hydrogen-bond donors (Lipinski definition) is 0. The van der Waals surface area contributed by atoms with Crippen molar-refractivity contribution < 1.29 is 4.42 Å². The quantitative estimate of drug-likeness (QED) is 0.150. The Hall–Kier alpha value is -8.20. The molecule has 2 heteroatoms. The number of para-hydroxylation sites is 1. The van der Waals surface area contributed by atoms with Crippen LogP contribution in [0.4, 0.5) is 17.1 Å². The first-order chi connectivity index (χ1) is 30.7. The van der Waals surface area contributed by atoms with Gasteiger partial charge >= 0.3 is 0 Å². The van der Waals surface area contributed by atoms with Crippen LogP contribution in [0.2, 0.25) is 0 Å². The van der Waals surface area contributed by atoms with Gasteiger partial charge in [-0.1, -0.05) is 182 Å². The molecule has 12 rings (SSSR count). The van der Waals surface area contributed by atoms with E-state index in [1.54, 1.807) is 0 Å². The summed E-state index contributed by atoms with van der Waals surface area (Å²) >= 11 is 0. The van der Waals surface area contributed by atoms with E-state index >= 15 is 0 Å². The van der Waals surface area contributed by atoms with Gasteiger partial charge in [0.05, 0.1) is 5.69 Å². The van der Waals surface area contributed by atoms with E-state index in [1.165, 1.54) is 49.0 Å². The molecule has 0 saturated carbocycles. The van der Waals surface area contributed by atoms with Crippen molar-refractivity contribution in [2.24, 2.45) is 0 Å². The highest BCUT2D eigenvalue weighted by molar-refractivity contribution is 6.14. The van der Waals surface area contributed by atoms with E-state index in [9.17, 15) is 0 Å². The fraction of sp³-hybridized carbons (Fsp3) is 0. The summed E-state index contributed by atoms with van der Waals surface area (Å²) in [7, 11) is 0. The standard InChI is InChI=1S/C60H39NO/c1-2-15-41(16-3-1)51-35-32-45(44-29-28-40-14-4-5-17-43(40)36-44)39-57(51)61(49-20-12-19-46(37-49)52-25-13-27-59-60(52)55-24-10-11-26-58(55)62-59)48-33-30-42(31-34-48)56-38-47-18-6-7-21-50(47)53-22-8-9-23-54(53)56/h1-39H. The first kappa shape index (κ1) is 35.7. The Labute approximate surface area is 360 Å². The van der Waals surface area contributed by atoms with Crippen LogP contribution in [0.5, 0.6) is 0 Å². The smallest absolute Gasteiger partial charge is 0.136 e. The molecule has 0 aliphatic rings. The molecule has 0 spiro atoms. The Kier molecular flexibility index (Phi) is 8.53. The highest BCUT2D eigenvalue weighted by Crippen LogP contribution is 2.46. The molecular formula is C60H39NO. The molecule has 0 amide bonds. The van der Waals surface area contributed by atoms with E-state index < -0.39 is 0 Å². The van der Waals surface area contributed by atoms with Crippen LogP contribution in [0, 0.1) is 0 Å². The molecule has 0 radical (unpaired) electrons. The number of rotatable bonds is 7. The zero-order valence-corrected chi connectivity index (χ0v) is 33.9. The van der Waals surface area contributed by atoms with Crippen molar-refractivity contribution in [1.29, 1.82) is 0 Å². The zero-order valence-electron chi connectivity index (χ0n) is 33.9. The number of nitrogens with zero attached hydrogens (tertiary/aromatic N) is 1. The fourth-order valence-electron chi connectivity index (χ4n) is 9.47. The van der Waals surface area contributed by atoms with Crippen molar-refractivity contribution in [3.8, 4) is 44.5 Å². The Morgan fingerprint density at radius 1 is 0.274 bits per heavy atom. The van der Waals surface area contributed by atoms with Crippen LogP contribution in [-0.4, -0.2) is 0 Å². The molecule has 2 nitrogen and oxygen atoms in total. The van der Waals surface area contributed by atoms with E-state index in [-0.39, 0.29) is 0 Å². The summed E-state index contributed by atoms with van der Waals surface area (Å²) in [5.74, 6) is 0. The molecule has 12 aromatic rings. The van der Waals surface area contributed by atoms with Crippen molar-refractivity contribution in [1.82, 2.24) is 0 Å².